The van der Waals surface area contributed by atoms with E-state index in [4.69, 9.17) is 14.7 Å². The number of nitro groups is 1. The van der Waals surface area contributed by atoms with Crippen LogP contribution in [0.4, 0.5) is 5.69 Å². The van der Waals surface area contributed by atoms with E-state index in [-0.39, 0.29) is 22.6 Å². The van der Waals surface area contributed by atoms with Crippen LogP contribution in [0.1, 0.15) is 16.7 Å². The van der Waals surface area contributed by atoms with Gasteiger partial charge in [-0.05, 0) is 29.8 Å². The molecule has 2 aromatic rings. The second-order valence-electron chi connectivity index (χ2n) is 4.89. The minimum Gasteiger partial charge on any atom is -0.493 e. The van der Waals surface area contributed by atoms with Crippen molar-refractivity contribution in [3.63, 3.8) is 0 Å². The Morgan fingerprint density at radius 1 is 1.16 bits per heavy atom. The van der Waals surface area contributed by atoms with E-state index in [0.717, 1.165) is 0 Å². The topological polar surface area (TPSA) is 109 Å². The van der Waals surface area contributed by atoms with Gasteiger partial charge in [0, 0.05) is 0 Å². The Morgan fingerprint density at radius 3 is 2.40 bits per heavy atom. The highest BCUT2D eigenvalue weighted by Gasteiger charge is 2.19. The molecule has 0 amide bonds. The first-order chi connectivity index (χ1) is 12.0. The van der Waals surface area contributed by atoms with Crippen molar-refractivity contribution in [3.05, 3.63) is 63.2 Å². The number of methoxy groups -OCH3 is 2. The normalized spacial score (nSPS) is 10.5. The van der Waals surface area contributed by atoms with Gasteiger partial charge in [0.05, 0.1) is 54.0 Å². The lowest BCUT2D eigenvalue weighted by atomic mass is 10.0. The van der Waals surface area contributed by atoms with Crippen molar-refractivity contribution >= 4 is 17.3 Å². The summed E-state index contributed by atoms with van der Waals surface area (Å²) in [7, 11) is 2.80. The molecule has 0 heterocycles. The molecule has 0 fully saturated rings. The summed E-state index contributed by atoms with van der Waals surface area (Å²) < 4.78 is 10.2. The van der Waals surface area contributed by atoms with E-state index in [1.54, 1.807) is 24.3 Å². The third-order valence-corrected chi connectivity index (χ3v) is 3.45. The van der Waals surface area contributed by atoms with Gasteiger partial charge in [0.15, 0.2) is 11.5 Å². The van der Waals surface area contributed by atoms with Crippen molar-refractivity contribution < 1.29 is 14.4 Å². The number of nitro benzene ring substituents is 1. The van der Waals surface area contributed by atoms with Gasteiger partial charge in [0.25, 0.3) is 5.69 Å². The van der Waals surface area contributed by atoms with Crippen LogP contribution >= 0.6 is 0 Å². The number of hydrogen-bond acceptors (Lipinski definition) is 6. The first-order valence-electron chi connectivity index (χ1n) is 7.06. The summed E-state index contributed by atoms with van der Waals surface area (Å²) in [4.78, 5) is 10.8. The first kappa shape index (κ1) is 17.5. The number of benzene rings is 2. The van der Waals surface area contributed by atoms with E-state index >= 15 is 0 Å². The minimum absolute atomic E-state index is 0.187. The summed E-state index contributed by atoms with van der Waals surface area (Å²) in [6, 6.07) is 13.1. The molecule has 7 heteroatoms. The molecule has 0 N–H and O–H groups in total. The predicted molar refractivity (Wildman–Crippen MR) is 90.8 cm³/mol. The summed E-state index contributed by atoms with van der Waals surface area (Å²) in [5, 5.41) is 29.8. The molecule has 0 spiro atoms. The lowest BCUT2D eigenvalue weighted by Crippen LogP contribution is -1.97. The Kier molecular flexibility index (Phi) is 5.34. The van der Waals surface area contributed by atoms with Crippen LogP contribution in [0, 0.1) is 32.8 Å². The van der Waals surface area contributed by atoms with Gasteiger partial charge in [0.2, 0.25) is 0 Å². The van der Waals surface area contributed by atoms with E-state index in [0.29, 0.717) is 16.9 Å². The summed E-state index contributed by atoms with van der Waals surface area (Å²) in [5.74, 6) is 0.527. The highest BCUT2D eigenvalue weighted by Crippen LogP contribution is 2.36. The van der Waals surface area contributed by atoms with Crippen molar-refractivity contribution in [2.45, 2.75) is 0 Å². The molecule has 0 atom stereocenters. The highest BCUT2D eigenvalue weighted by molar-refractivity contribution is 5.92. The zero-order valence-electron chi connectivity index (χ0n) is 13.5. The van der Waals surface area contributed by atoms with Crippen molar-refractivity contribution in [1.29, 1.82) is 10.5 Å². The van der Waals surface area contributed by atoms with E-state index in [9.17, 15) is 15.4 Å². The van der Waals surface area contributed by atoms with E-state index in [1.165, 1.54) is 32.4 Å². The summed E-state index contributed by atoms with van der Waals surface area (Å²) >= 11 is 0. The molecule has 0 saturated heterocycles. The van der Waals surface area contributed by atoms with Gasteiger partial charge in [0.1, 0.15) is 0 Å². The first-order valence-corrected chi connectivity index (χ1v) is 7.06. The number of allylic oxidation sites excluding steroid dienone is 1. The van der Waals surface area contributed by atoms with Crippen LogP contribution in [-0.2, 0) is 0 Å². The Morgan fingerprint density at radius 2 is 1.84 bits per heavy atom. The van der Waals surface area contributed by atoms with Crippen molar-refractivity contribution in [2.24, 2.45) is 0 Å². The maximum atomic E-state index is 11.4. The highest BCUT2D eigenvalue weighted by atomic mass is 16.6. The van der Waals surface area contributed by atoms with Crippen LogP contribution in [0.3, 0.4) is 0 Å². The molecular formula is C18H13N3O4. The molecule has 7 nitrogen and oxygen atoms in total. The summed E-state index contributed by atoms with van der Waals surface area (Å²) in [5.41, 5.74) is 1.04. The van der Waals surface area contributed by atoms with Crippen LogP contribution in [-0.4, -0.2) is 19.1 Å². The third kappa shape index (κ3) is 3.74. The number of nitrogens with zero attached hydrogens (tertiary/aromatic N) is 3. The average molecular weight is 335 g/mol. The van der Waals surface area contributed by atoms with E-state index < -0.39 is 4.92 Å². The quantitative estimate of drug-likeness (QED) is 0.358. The Balaban J connectivity index is 2.66. The van der Waals surface area contributed by atoms with Crippen molar-refractivity contribution in [2.75, 3.05) is 14.2 Å². The zero-order chi connectivity index (χ0) is 18.4. The Labute approximate surface area is 144 Å². The van der Waals surface area contributed by atoms with Crippen LogP contribution in [0.15, 0.2) is 36.4 Å². The maximum Gasteiger partial charge on any atom is 0.280 e. The predicted octanol–water partition coefficient (Wildman–Crippen LogP) is 3.55. The largest absolute Gasteiger partial charge is 0.493 e. The second kappa shape index (κ2) is 7.62. The zero-order valence-corrected chi connectivity index (χ0v) is 13.5. The molecule has 25 heavy (non-hydrogen) atoms. The molecule has 0 bridgehead atoms. The fraction of sp³-hybridized carbons (Fsp3) is 0.111. The maximum absolute atomic E-state index is 11.4. The van der Waals surface area contributed by atoms with Crippen molar-refractivity contribution in [1.82, 2.24) is 0 Å². The number of ether oxygens (including phenoxy) is 2. The molecule has 0 aliphatic carbocycles. The molecule has 0 radical (unpaired) electrons. The third-order valence-electron chi connectivity index (χ3n) is 3.45. The smallest absolute Gasteiger partial charge is 0.280 e. The molecule has 2 rings (SSSR count). The monoisotopic (exact) mass is 335 g/mol. The Bertz CT molecular complexity index is 936. The molecule has 0 aliphatic rings. The van der Waals surface area contributed by atoms with Gasteiger partial charge in [-0.15, -0.1) is 0 Å². The minimum atomic E-state index is -0.561. The van der Waals surface area contributed by atoms with Gasteiger partial charge >= 0.3 is 0 Å². The number of nitriles is 2. The summed E-state index contributed by atoms with van der Waals surface area (Å²) in [6.45, 7) is 0. The molecular weight excluding hydrogens is 322 g/mol. The molecule has 2 aromatic carbocycles. The van der Waals surface area contributed by atoms with Gasteiger partial charge in [-0.2, -0.15) is 10.5 Å². The molecule has 0 aromatic heterocycles. The van der Waals surface area contributed by atoms with Crippen LogP contribution in [0.2, 0.25) is 0 Å². The van der Waals surface area contributed by atoms with Gasteiger partial charge in [-0.1, -0.05) is 12.1 Å². The molecule has 124 valence electrons. The lowest BCUT2D eigenvalue weighted by Gasteiger charge is -2.09. The van der Waals surface area contributed by atoms with Gasteiger partial charge in [-0.25, -0.2) is 0 Å². The van der Waals surface area contributed by atoms with Crippen LogP contribution in [0.25, 0.3) is 11.6 Å². The van der Waals surface area contributed by atoms with Crippen LogP contribution < -0.4 is 9.47 Å². The number of rotatable bonds is 5. The standard InChI is InChI=1S/C18H13N3O4/c1-24-17-8-14(16(21(22)23)9-18(17)25-2)7-15(11-20)13-5-3-4-12(6-13)10-19/h3-9H,1-2H3. The molecule has 0 aliphatic heterocycles. The molecule has 0 saturated carbocycles. The average Bonchev–Trinajstić information content (AvgIpc) is 2.65. The van der Waals surface area contributed by atoms with Gasteiger partial charge in [-0.3, -0.25) is 10.1 Å². The number of hydrogen-bond donors (Lipinski definition) is 0. The SMILES string of the molecule is COc1cc(C=C(C#N)c2cccc(C#N)c2)c([N+](=O)[O-])cc1OC. The van der Waals surface area contributed by atoms with E-state index in [2.05, 4.69) is 0 Å². The fourth-order valence-corrected chi connectivity index (χ4v) is 2.25. The Hall–Kier alpha value is -3.84. The second-order valence-corrected chi connectivity index (χ2v) is 4.89. The molecule has 0 unspecified atom stereocenters. The fourth-order valence-electron chi connectivity index (χ4n) is 2.25. The summed E-state index contributed by atoms with van der Waals surface area (Å²) in [6.07, 6.45) is 1.39. The lowest BCUT2D eigenvalue weighted by molar-refractivity contribution is -0.385. The van der Waals surface area contributed by atoms with E-state index in [1.807, 2.05) is 12.1 Å². The van der Waals surface area contributed by atoms with Crippen LogP contribution in [0.5, 0.6) is 11.5 Å². The van der Waals surface area contributed by atoms with Gasteiger partial charge < -0.3 is 9.47 Å². The van der Waals surface area contributed by atoms with Crippen molar-refractivity contribution in [3.8, 4) is 23.6 Å².